The summed E-state index contributed by atoms with van der Waals surface area (Å²) in [6.45, 7) is 0. The van der Waals surface area contributed by atoms with Gasteiger partial charge in [0.25, 0.3) is 0 Å². The monoisotopic (exact) mass is 211 g/mol. The molecule has 1 atom stereocenters. The Morgan fingerprint density at radius 3 is 2.27 bits per heavy atom. The lowest BCUT2D eigenvalue weighted by molar-refractivity contribution is -0.138. The predicted molar refractivity (Wildman–Crippen MR) is 49.6 cm³/mol. The average molecular weight is 211 g/mol. The van der Waals surface area contributed by atoms with Crippen LogP contribution < -0.4 is 5.73 Å². The predicted octanol–water partition coefficient (Wildman–Crippen LogP) is 0.175. The highest BCUT2D eigenvalue weighted by molar-refractivity contribution is 5.88. The first-order chi connectivity index (χ1) is 6.93. The number of phenolic OH excluding ortho intramolecular Hbond substituents is 1. The van der Waals surface area contributed by atoms with Crippen LogP contribution in [0.25, 0.3) is 0 Å². The van der Waals surface area contributed by atoms with Crippen molar-refractivity contribution in [2.45, 2.75) is 6.04 Å². The van der Waals surface area contributed by atoms with Gasteiger partial charge in [-0.2, -0.15) is 0 Å². The van der Waals surface area contributed by atoms with E-state index < -0.39 is 23.7 Å². The van der Waals surface area contributed by atoms with Crippen molar-refractivity contribution in [2.24, 2.45) is 5.73 Å². The summed E-state index contributed by atoms with van der Waals surface area (Å²) >= 11 is 0. The summed E-state index contributed by atoms with van der Waals surface area (Å²) in [4.78, 5) is 21.0. The number of aromatic carboxylic acids is 1. The van der Waals surface area contributed by atoms with Crippen LogP contribution in [-0.2, 0) is 4.79 Å². The van der Waals surface area contributed by atoms with Crippen LogP contribution in [0.3, 0.4) is 0 Å². The summed E-state index contributed by atoms with van der Waals surface area (Å²) in [5, 5.41) is 26.5. The van der Waals surface area contributed by atoms with Crippen LogP contribution in [0.4, 0.5) is 0 Å². The van der Waals surface area contributed by atoms with Gasteiger partial charge in [-0.1, -0.05) is 6.07 Å². The maximum Gasteiger partial charge on any atom is 0.335 e. The molecule has 6 nitrogen and oxygen atoms in total. The Hall–Kier alpha value is -2.08. The van der Waals surface area contributed by atoms with Gasteiger partial charge in [0.1, 0.15) is 11.8 Å². The molecule has 0 bridgehead atoms. The van der Waals surface area contributed by atoms with E-state index in [0.29, 0.717) is 0 Å². The Bertz CT molecular complexity index is 415. The van der Waals surface area contributed by atoms with Gasteiger partial charge < -0.3 is 21.1 Å². The quantitative estimate of drug-likeness (QED) is 0.565. The van der Waals surface area contributed by atoms with Crippen LogP contribution in [0, 0.1) is 0 Å². The molecule has 1 rings (SSSR count). The maximum absolute atomic E-state index is 10.5. The molecule has 5 N–H and O–H groups in total. The molecule has 1 aromatic rings. The van der Waals surface area contributed by atoms with Crippen molar-refractivity contribution in [1.82, 2.24) is 0 Å². The molecule has 0 radical (unpaired) electrons. The highest BCUT2D eigenvalue weighted by Gasteiger charge is 2.19. The number of aliphatic carboxylic acids is 1. The molecule has 0 fully saturated rings. The molecule has 1 aromatic carbocycles. The summed E-state index contributed by atoms with van der Waals surface area (Å²) < 4.78 is 0. The molecular weight excluding hydrogens is 202 g/mol. The normalized spacial score (nSPS) is 12.1. The fourth-order valence-corrected chi connectivity index (χ4v) is 1.07. The largest absolute Gasteiger partial charge is 0.508 e. The molecule has 0 saturated carbocycles. The van der Waals surface area contributed by atoms with Crippen molar-refractivity contribution in [3.8, 4) is 5.75 Å². The molecule has 0 aliphatic carbocycles. The van der Waals surface area contributed by atoms with Crippen molar-refractivity contribution < 1.29 is 24.9 Å². The second kappa shape index (κ2) is 3.97. The molecule has 0 saturated heterocycles. The number of nitrogens with two attached hydrogens (primary N) is 1. The second-order valence-corrected chi connectivity index (χ2v) is 2.89. The number of hydrogen-bond acceptors (Lipinski definition) is 4. The first kappa shape index (κ1) is 11.0. The van der Waals surface area contributed by atoms with Crippen LogP contribution in [0.5, 0.6) is 5.75 Å². The third kappa shape index (κ3) is 2.23. The highest BCUT2D eigenvalue weighted by Crippen LogP contribution is 2.24. The van der Waals surface area contributed by atoms with E-state index in [1.807, 2.05) is 0 Å². The van der Waals surface area contributed by atoms with E-state index >= 15 is 0 Å². The lowest BCUT2D eigenvalue weighted by atomic mass is 10.0. The zero-order valence-electron chi connectivity index (χ0n) is 7.54. The number of carboxylic acids is 2. The second-order valence-electron chi connectivity index (χ2n) is 2.89. The van der Waals surface area contributed by atoms with Crippen LogP contribution >= 0.6 is 0 Å². The minimum atomic E-state index is -1.37. The number of carbonyl (C=O) groups is 2. The highest BCUT2D eigenvalue weighted by atomic mass is 16.4. The van der Waals surface area contributed by atoms with E-state index in [-0.39, 0.29) is 11.1 Å². The number of hydrogen-bond donors (Lipinski definition) is 4. The molecular formula is C9H9NO5. The first-order valence-corrected chi connectivity index (χ1v) is 3.98. The van der Waals surface area contributed by atoms with E-state index in [1.54, 1.807) is 0 Å². The van der Waals surface area contributed by atoms with Crippen LogP contribution in [0.1, 0.15) is 22.0 Å². The smallest absolute Gasteiger partial charge is 0.335 e. The zero-order valence-corrected chi connectivity index (χ0v) is 7.54. The van der Waals surface area contributed by atoms with Gasteiger partial charge in [0, 0.05) is 5.56 Å². The molecule has 0 aliphatic rings. The molecule has 80 valence electrons. The van der Waals surface area contributed by atoms with E-state index in [9.17, 15) is 14.7 Å². The van der Waals surface area contributed by atoms with Gasteiger partial charge in [-0.25, -0.2) is 4.79 Å². The number of carboxylic acid groups (broad SMARTS) is 2. The Morgan fingerprint density at radius 1 is 1.27 bits per heavy atom. The lowest BCUT2D eigenvalue weighted by Gasteiger charge is -2.09. The van der Waals surface area contributed by atoms with Gasteiger partial charge in [-0.05, 0) is 12.1 Å². The summed E-state index contributed by atoms with van der Waals surface area (Å²) in [7, 11) is 0. The number of benzene rings is 1. The maximum atomic E-state index is 10.5. The summed E-state index contributed by atoms with van der Waals surface area (Å²) in [6, 6.07) is 1.95. The molecule has 6 heteroatoms. The van der Waals surface area contributed by atoms with Gasteiger partial charge in [-0.15, -0.1) is 0 Å². The van der Waals surface area contributed by atoms with Gasteiger partial charge in [0.15, 0.2) is 0 Å². The molecule has 0 spiro atoms. The van der Waals surface area contributed by atoms with E-state index in [2.05, 4.69) is 0 Å². The third-order valence-electron chi connectivity index (χ3n) is 1.88. The SMILES string of the molecule is N[C@H](C(=O)O)c1ccc(C(=O)O)cc1O. The van der Waals surface area contributed by atoms with Crippen LogP contribution in [-0.4, -0.2) is 27.3 Å². The molecule has 15 heavy (non-hydrogen) atoms. The average Bonchev–Trinajstić information content (AvgIpc) is 2.16. The van der Waals surface area contributed by atoms with Crippen molar-refractivity contribution in [1.29, 1.82) is 0 Å². The molecule has 0 amide bonds. The number of phenols is 1. The minimum Gasteiger partial charge on any atom is -0.508 e. The zero-order chi connectivity index (χ0) is 11.6. The summed E-state index contributed by atoms with van der Waals surface area (Å²) in [5.74, 6) is -2.95. The lowest BCUT2D eigenvalue weighted by Crippen LogP contribution is -2.20. The number of rotatable bonds is 3. The molecule has 0 aliphatic heterocycles. The molecule has 0 unspecified atom stereocenters. The Kier molecular flexibility index (Phi) is 2.91. The van der Waals surface area contributed by atoms with Crippen LogP contribution in [0.2, 0.25) is 0 Å². The number of aromatic hydroxyl groups is 1. The molecule has 0 heterocycles. The summed E-state index contributed by atoms with van der Waals surface area (Å²) in [5.41, 5.74) is 5.11. The first-order valence-electron chi connectivity index (χ1n) is 3.98. The minimum absolute atomic E-state index is 0.0208. The van der Waals surface area contributed by atoms with Gasteiger partial charge in [0.05, 0.1) is 5.56 Å². The fourth-order valence-electron chi connectivity index (χ4n) is 1.07. The Labute approximate surface area is 84.6 Å². The van der Waals surface area contributed by atoms with Gasteiger partial charge in [-0.3, -0.25) is 4.79 Å². The van der Waals surface area contributed by atoms with E-state index in [4.69, 9.17) is 15.9 Å². The Morgan fingerprint density at radius 2 is 1.87 bits per heavy atom. The fraction of sp³-hybridized carbons (Fsp3) is 0.111. The van der Waals surface area contributed by atoms with Gasteiger partial charge in [0.2, 0.25) is 0 Å². The van der Waals surface area contributed by atoms with Crippen molar-refractivity contribution in [3.05, 3.63) is 29.3 Å². The van der Waals surface area contributed by atoms with E-state index in [0.717, 1.165) is 6.07 Å². The summed E-state index contributed by atoms with van der Waals surface area (Å²) in [6.07, 6.45) is 0. The van der Waals surface area contributed by atoms with Crippen molar-refractivity contribution in [2.75, 3.05) is 0 Å². The van der Waals surface area contributed by atoms with Gasteiger partial charge >= 0.3 is 11.9 Å². The van der Waals surface area contributed by atoms with Crippen molar-refractivity contribution >= 4 is 11.9 Å². The third-order valence-corrected chi connectivity index (χ3v) is 1.88. The van der Waals surface area contributed by atoms with Crippen molar-refractivity contribution in [3.63, 3.8) is 0 Å². The topological polar surface area (TPSA) is 121 Å². The molecule has 0 aromatic heterocycles. The standard InChI is InChI=1S/C9H9NO5/c10-7(9(14)15)5-2-1-4(8(12)13)3-6(5)11/h1-3,7,11H,10H2,(H,12,13)(H,14,15)/t7-/m0/s1. The van der Waals surface area contributed by atoms with E-state index in [1.165, 1.54) is 12.1 Å². The van der Waals surface area contributed by atoms with Crippen LogP contribution in [0.15, 0.2) is 18.2 Å². The Balaban J connectivity index is 3.13.